The average Bonchev–Trinajstić information content (AvgIpc) is 2.03. The maximum absolute atomic E-state index is 3.97. The van der Waals surface area contributed by atoms with Gasteiger partial charge in [-0.15, -0.1) is 6.58 Å². The fourth-order valence-corrected chi connectivity index (χ4v) is 2.35. The van der Waals surface area contributed by atoms with E-state index in [2.05, 4.69) is 32.4 Å². The first-order valence-corrected chi connectivity index (χ1v) is 5.46. The lowest BCUT2D eigenvalue weighted by Crippen LogP contribution is -2.41. The molecule has 0 N–H and O–H groups in total. The van der Waals surface area contributed by atoms with E-state index < -0.39 is 0 Å². The molecule has 1 aliphatic heterocycles. The van der Waals surface area contributed by atoms with Gasteiger partial charge in [0.05, 0.1) is 0 Å². The molecule has 0 radical (unpaired) electrons. The van der Waals surface area contributed by atoms with Crippen molar-refractivity contribution in [2.24, 2.45) is 5.92 Å². The normalized spacial score (nSPS) is 30.4. The van der Waals surface area contributed by atoms with E-state index in [9.17, 15) is 0 Å². The number of allylic oxidation sites excluding steroid dienone is 1. The molecule has 0 bridgehead atoms. The molecule has 0 aromatic rings. The van der Waals surface area contributed by atoms with Crippen molar-refractivity contribution in [2.45, 2.75) is 45.6 Å². The van der Waals surface area contributed by atoms with Crippen molar-refractivity contribution in [3.05, 3.63) is 12.2 Å². The Kier molecular flexibility index (Phi) is 3.98. The molecule has 0 aromatic heterocycles. The van der Waals surface area contributed by atoms with Crippen LogP contribution in [0, 0.1) is 5.92 Å². The predicted octanol–water partition coefficient (Wildman–Crippen LogP) is 3.07. The summed E-state index contributed by atoms with van der Waals surface area (Å²) in [6, 6.07) is 0.797. The molecule has 0 saturated carbocycles. The van der Waals surface area contributed by atoms with Crippen molar-refractivity contribution >= 4 is 0 Å². The monoisotopic (exact) mass is 181 g/mol. The molecule has 1 heteroatoms. The third kappa shape index (κ3) is 3.15. The minimum atomic E-state index is 0.797. The molecule has 0 aromatic carbocycles. The summed E-state index contributed by atoms with van der Waals surface area (Å²) in [5.74, 6) is 0.873. The van der Waals surface area contributed by atoms with Crippen LogP contribution in [0.1, 0.15) is 39.5 Å². The standard InChI is InChI=1S/C12H23N/c1-10(2)7-8-12-11(3)6-5-9-13(12)4/h11-12H,1,5-9H2,2-4H3. The summed E-state index contributed by atoms with van der Waals surface area (Å²) in [5, 5.41) is 0. The van der Waals surface area contributed by atoms with Gasteiger partial charge in [0.2, 0.25) is 0 Å². The second-order valence-corrected chi connectivity index (χ2v) is 4.66. The molecule has 0 spiro atoms. The van der Waals surface area contributed by atoms with E-state index in [1.165, 1.54) is 37.8 Å². The molecule has 13 heavy (non-hydrogen) atoms. The summed E-state index contributed by atoms with van der Waals surface area (Å²) in [6.45, 7) is 9.77. The highest BCUT2D eigenvalue weighted by atomic mass is 15.1. The smallest absolute Gasteiger partial charge is 0.0121 e. The van der Waals surface area contributed by atoms with Gasteiger partial charge in [-0.3, -0.25) is 0 Å². The van der Waals surface area contributed by atoms with Gasteiger partial charge >= 0.3 is 0 Å². The molecule has 2 unspecified atom stereocenters. The van der Waals surface area contributed by atoms with Gasteiger partial charge in [0.15, 0.2) is 0 Å². The van der Waals surface area contributed by atoms with E-state index in [0.29, 0.717) is 0 Å². The average molecular weight is 181 g/mol. The summed E-state index contributed by atoms with van der Waals surface area (Å²) in [4.78, 5) is 2.52. The zero-order valence-electron chi connectivity index (χ0n) is 9.34. The summed E-state index contributed by atoms with van der Waals surface area (Å²) >= 11 is 0. The van der Waals surface area contributed by atoms with Gasteiger partial charge in [0, 0.05) is 6.04 Å². The topological polar surface area (TPSA) is 3.24 Å². The van der Waals surface area contributed by atoms with Crippen LogP contribution in [0.5, 0.6) is 0 Å². The third-order valence-electron chi connectivity index (χ3n) is 3.26. The van der Waals surface area contributed by atoms with Crippen LogP contribution in [0.2, 0.25) is 0 Å². The summed E-state index contributed by atoms with van der Waals surface area (Å²) in [5.41, 5.74) is 1.33. The first-order valence-electron chi connectivity index (χ1n) is 5.46. The van der Waals surface area contributed by atoms with Crippen molar-refractivity contribution in [3.63, 3.8) is 0 Å². The third-order valence-corrected chi connectivity index (χ3v) is 3.26. The number of hydrogen-bond acceptors (Lipinski definition) is 1. The molecule has 76 valence electrons. The number of piperidine rings is 1. The number of hydrogen-bond donors (Lipinski definition) is 0. The molecule has 1 fully saturated rings. The maximum Gasteiger partial charge on any atom is 0.0121 e. The summed E-state index contributed by atoms with van der Waals surface area (Å²) < 4.78 is 0. The molecular weight excluding hydrogens is 158 g/mol. The largest absolute Gasteiger partial charge is 0.303 e. The van der Waals surface area contributed by atoms with E-state index in [-0.39, 0.29) is 0 Å². The maximum atomic E-state index is 3.97. The highest BCUT2D eigenvalue weighted by molar-refractivity contribution is 4.91. The SMILES string of the molecule is C=C(C)CCC1C(C)CCCN1C. The highest BCUT2D eigenvalue weighted by Gasteiger charge is 2.24. The molecule has 1 nitrogen and oxygen atoms in total. The summed E-state index contributed by atoms with van der Waals surface area (Å²) in [7, 11) is 2.26. The van der Waals surface area contributed by atoms with E-state index >= 15 is 0 Å². The van der Waals surface area contributed by atoms with E-state index in [1.54, 1.807) is 0 Å². The molecule has 0 amide bonds. The molecule has 1 rings (SSSR count). The lowest BCUT2D eigenvalue weighted by molar-refractivity contribution is 0.123. The van der Waals surface area contributed by atoms with Crippen LogP contribution in [0.15, 0.2) is 12.2 Å². The molecule has 0 aliphatic carbocycles. The number of nitrogens with zero attached hydrogens (tertiary/aromatic N) is 1. The Morgan fingerprint density at radius 2 is 2.23 bits per heavy atom. The van der Waals surface area contributed by atoms with Gasteiger partial charge in [-0.25, -0.2) is 0 Å². The van der Waals surface area contributed by atoms with E-state index in [4.69, 9.17) is 0 Å². The minimum absolute atomic E-state index is 0.797. The van der Waals surface area contributed by atoms with Crippen molar-refractivity contribution in [2.75, 3.05) is 13.6 Å². The van der Waals surface area contributed by atoms with Crippen LogP contribution < -0.4 is 0 Å². The van der Waals surface area contributed by atoms with Crippen LogP contribution >= 0.6 is 0 Å². The molecule has 1 aliphatic rings. The number of rotatable bonds is 3. The first-order chi connectivity index (χ1) is 6.11. The quantitative estimate of drug-likeness (QED) is 0.605. The van der Waals surface area contributed by atoms with Crippen molar-refractivity contribution in [1.29, 1.82) is 0 Å². The predicted molar refractivity (Wildman–Crippen MR) is 58.9 cm³/mol. The molecule has 1 heterocycles. The van der Waals surface area contributed by atoms with Crippen LogP contribution in [-0.2, 0) is 0 Å². The second-order valence-electron chi connectivity index (χ2n) is 4.66. The minimum Gasteiger partial charge on any atom is -0.303 e. The van der Waals surface area contributed by atoms with Crippen LogP contribution in [-0.4, -0.2) is 24.5 Å². The zero-order valence-corrected chi connectivity index (χ0v) is 9.34. The van der Waals surface area contributed by atoms with Gasteiger partial charge in [0.1, 0.15) is 0 Å². The van der Waals surface area contributed by atoms with Gasteiger partial charge in [-0.05, 0) is 52.1 Å². The second kappa shape index (κ2) is 4.80. The van der Waals surface area contributed by atoms with Gasteiger partial charge in [0.25, 0.3) is 0 Å². The summed E-state index contributed by atoms with van der Waals surface area (Å²) in [6.07, 6.45) is 5.28. The molecular formula is C12H23N. The number of likely N-dealkylation sites (tertiary alicyclic amines) is 1. The molecule has 1 saturated heterocycles. The Morgan fingerprint density at radius 1 is 1.54 bits per heavy atom. The fourth-order valence-electron chi connectivity index (χ4n) is 2.35. The van der Waals surface area contributed by atoms with Crippen LogP contribution in [0.4, 0.5) is 0 Å². The first kappa shape index (κ1) is 10.8. The molecule has 2 atom stereocenters. The Hall–Kier alpha value is -0.300. The van der Waals surface area contributed by atoms with Crippen molar-refractivity contribution in [3.8, 4) is 0 Å². The zero-order chi connectivity index (χ0) is 9.84. The lowest BCUT2D eigenvalue weighted by Gasteiger charge is -2.37. The Balaban J connectivity index is 2.39. The van der Waals surface area contributed by atoms with Gasteiger partial charge in [-0.1, -0.05) is 12.5 Å². The Labute approximate surface area is 82.8 Å². The van der Waals surface area contributed by atoms with Crippen LogP contribution in [0.25, 0.3) is 0 Å². The van der Waals surface area contributed by atoms with E-state index in [0.717, 1.165) is 12.0 Å². The Bertz CT molecular complexity index is 164. The highest BCUT2D eigenvalue weighted by Crippen LogP contribution is 2.25. The van der Waals surface area contributed by atoms with Crippen molar-refractivity contribution < 1.29 is 0 Å². The van der Waals surface area contributed by atoms with Gasteiger partial charge < -0.3 is 4.90 Å². The van der Waals surface area contributed by atoms with Gasteiger partial charge in [-0.2, -0.15) is 0 Å². The van der Waals surface area contributed by atoms with Crippen molar-refractivity contribution in [1.82, 2.24) is 4.90 Å². The van der Waals surface area contributed by atoms with E-state index in [1.807, 2.05) is 0 Å². The Morgan fingerprint density at radius 3 is 2.77 bits per heavy atom. The lowest BCUT2D eigenvalue weighted by atomic mass is 9.87. The fraction of sp³-hybridized carbons (Fsp3) is 0.833. The van der Waals surface area contributed by atoms with Crippen LogP contribution in [0.3, 0.4) is 0 Å².